The number of nitrogens with one attached hydrogen (secondary N) is 1. The first-order chi connectivity index (χ1) is 9.86. The Morgan fingerprint density at radius 3 is 2.62 bits per heavy atom. The summed E-state index contributed by atoms with van der Waals surface area (Å²) in [5, 5.41) is 20.2. The topological polar surface area (TPSA) is 93.4 Å². The van der Waals surface area contributed by atoms with Crippen molar-refractivity contribution in [3.63, 3.8) is 0 Å². The summed E-state index contributed by atoms with van der Waals surface area (Å²) < 4.78 is 0. The normalized spacial score (nSPS) is 10.0. The Balaban J connectivity index is 2.86. The molecular weight excluding hydrogens is 294 g/mol. The van der Waals surface area contributed by atoms with E-state index in [2.05, 4.69) is 5.32 Å². The van der Waals surface area contributed by atoms with Crippen LogP contribution in [-0.2, 0) is 0 Å². The first-order valence-corrected chi connectivity index (χ1v) is 6.72. The zero-order valence-electron chi connectivity index (χ0n) is 11.8. The van der Waals surface area contributed by atoms with Crippen molar-refractivity contribution >= 4 is 29.3 Å². The van der Waals surface area contributed by atoms with Crippen LogP contribution in [-0.4, -0.2) is 34.6 Å². The summed E-state index contributed by atoms with van der Waals surface area (Å²) in [4.78, 5) is 24.5. The quantitative estimate of drug-likeness (QED) is 0.873. The largest absolute Gasteiger partial charge is 0.478 e. The summed E-state index contributed by atoms with van der Waals surface area (Å²) in [5.41, 5.74) is 0.373. The molecule has 0 saturated heterocycles. The molecule has 0 saturated carbocycles. The van der Waals surface area contributed by atoms with Crippen LogP contribution < -0.4 is 5.32 Å². The summed E-state index contributed by atoms with van der Waals surface area (Å²) in [6.07, 6.45) is 0.233. The van der Waals surface area contributed by atoms with Gasteiger partial charge in [-0.05, 0) is 32.0 Å². The lowest BCUT2D eigenvalue weighted by molar-refractivity contribution is 0.0697. The van der Waals surface area contributed by atoms with E-state index in [9.17, 15) is 9.59 Å². The van der Waals surface area contributed by atoms with E-state index in [0.29, 0.717) is 12.2 Å². The van der Waals surface area contributed by atoms with Crippen molar-refractivity contribution in [2.24, 2.45) is 0 Å². The number of nitrogens with zero attached hydrogens (tertiary/aromatic N) is 2. The van der Waals surface area contributed by atoms with E-state index in [4.69, 9.17) is 22.0 Å². The third-order valence-electron chi connectivity index (χ3n) is 2.81. The van der Waals surface area contributed by atoms with Crippen LogP contribution in [0, 0.1) is 11.3 Å². The Morgan fingerprint density at radius 2 is 2.14 bits per heavy atom. The van der Waals surface area contributed by atoms with Crippen LogP contribution in [0.15, 0.2) is 18.2 Å². The summed E-state index contributed by atoms with van der Waals surface area (Å²) in [7, 11) is 0. The van der Waals surface area contributed by atoms with E-state index < -0.39 is 5.97 Å². The predicted octanol–water partition coefficient (Wildman–Crippen LogP) is 3.19. The molecule has 0 radical (unpaired) electrons. The molecule has 0 aliphatic rings. The Labute approximate surface area is 127 Å². The van der Waals surface area contributed by atoms with Crippen molar-refractivity contribution in [2.75, 3.05) is 11.9 Å². The molecule has 1 aromatic rings. The van der Waals surface area contributed by atoms with Crippen LogP contribution in [0.5, 0.6) is 0 Å². The van der Waals surface area contributed by atoms with Gasteiger partial charge in [-0.2, -0.15) is 5.26 Å². The lowest BCUT2D eigenvalue weighted by Gasteiger charge is -2.26. The molecule has 0 aromatic heterocycles. The Bertz CT molecular complexity index is 581. The van der Waals surface area contributed by atoms with Crippen LogP contribution in [0.3, 0.4) is 0 Å². The number of carboxylic acids is 1. The number of rotatable bonds is 5. The third-order valence-corrected chi connectivity index (χ3v) is 3.12. The summed E-state index contributed by atoms with van der Waals surface area (Å²) >= 11 is 5.96. The second kappa shape index (κ2) is 7.50. The molecule has 112 valence electrons. The monoisotopic (exact) mass is 309 g/mol. The van der Waals surface area contributed by atoms with E-state index in [1.807, 2.05) is 19.9 Å². The first-order valence-electron chi connectivity index (χ1n) is 6.34. The van der Waals surface area contributed by atoms with Gasteiger partial charge in [0.15, 0.2) is 0 Å². The van der Waals surface area contributed by atoms with Gasteiger partial charge in [-0.25, -0.2) is 9.59 Å². The van der Waals surface area contributed by atoms with Gasteiger partial charge in [0.25, 0.3) is 0 Å². The van der Waals surface area contributed by atoms with Crippen molar-refractivity contribution in [3.8, 4) is 6.07 Å². The number of nitriles is 1. The summed E-state index contributed by atoms with van der Waals surface area (Å²) in [6, 6.07) is 5.60. The lowest BCUT2D eigenvalue weighted by Crippen LogP contribution is -2.40. The molecule has 0 aliphatic heterocycles. The molecule has 0 aliphatic carbocycles. The number of hydrogen-bond acceptors (Lipinski definition) is 3. The van der Waals surface area contributed by atoms with Gasteiger partial charge in [-0.15, -0.1) is 0 Å². The number of carboxylic acid groups (broad SMARTS) is 1. The van der Waals surface area contributed by atoms with Gasteiger partial charge in [-0.3, -0.25) is 0 Å². The summed E-state index contributed by atoms with van der Waals surface area (Å²) in [6.45, 7) is 3.99. The van der Waals surface area contributed by atoms with Crippen molar-refractivity contribution in [3.05, 3.63) is 28.8 Å². The maximum absolute atomic E-state index is 12.2. The van der Waals surface area contributed by atoms with E-state index in [1.165, 1.54) is 23.1 Å². The van der Waals surface area contributed by atoms with Gasteiger partial charge in [0, 0.05) is 12.6 Å². The van der Waals surface area contributed by atoms with Gasteiger partial charge in [0.1, 0.15) is 0 Å². The van der Waals surface area contributed by atoms with Crippen LogP contribution in [0.1, 0.15) is 30.6 Å². The van der Waals surface area contributed by atoms with Crippen molar-refractivity contribution in [1.29, 1.82) is 5.26 Å². The van der Waals surface area contributed by atoms with E-state index in [-0.39, 0.29) is 29.1 Å². The van der Waals surface area contributed by atoms with Crippen molar-refractivity contribution in [1.82, 2.24) is 4.90 Å². The molecule has 0 spiro atoms. The highest BCUT2D eigenvalue weighted by atomic mass is 35.5. The average molecular weight is 310 g/mol. The van der Waals surface area contributed by atoms with Gasteiger partial charge < -0.3 is 15.3 Å². The molecule has 1 aromatic carbocycles. The van der Waals surface area contributed by atoms with Gasteiger partial charge in [0.2, 0.25) is 0 Å². The Kier molecular flexibility index (Phi) is 6.00. The number of halogens is 1. The first kappa shape index (κ1) is 16.8. The number of hydrogen-bond donors (Lipinski definition) is 2. The molecule has 0 fully saturated rings. The SMILES string of the molecule is CC(C)N(CCC#N)C(=O)Nc1ccc(C(=O)O)cc1Cl. The third kappa shape index (κ3) is 4.65. The lowest BCUT2D eigenvalue weighted by atomic mass is 10.2. The zero-order chi connectivity index (χ0) is 16.0. The highest BCUT2D eigenvalue weighted by Crippen LogP contribution is 2.23. The number of carbonyl (C=O) groups is 2. The number of benzene rings is 1. The van der Waals surface area contributed by atoms with Crippen LogP contribution in [0.4, 0.5) is 10.5 Å². The predicted molar refractivity (Wildman–Crippen MR) is 79.5 cm³/mol. The average Bonchev–Trinajstić information content (AvgIpc) is 2.40. The van der Waals surface area contributed by atoms with Crippen LogP contribution >= 0.6 is 11.6 Å². The molecule has 2 N–H and O–H groups in total. The number of carbonyl (C=O) groups excluding carboxylic acids is 1. The number of amides is 2. The minimum absolute atomic E-state index is 0.0446. The minimum Gasteiger partial charge on any atom is -0.478 e. The molecule has 7 heteroatoms. The smallest absolute Gasteiger partial charge is 0.335 e. The Hall–Kier alpha value is -2.26. The van der Waals surface area contributed by atoms with E-state index in [0.717, 1.165) is 0 Å². The molecule has 1 rings (SSSR count). The van der Waals surface area contributed by atoms with E-state index >= 15 is 0 Å². The molecule has 21 heavy (non-hydrogen) atoms. The molecule has 0 bridgehead atoms. The van der Waals surface area contributed by atoms with Crippen LogP contribution in [0.2, 0.25) is 5.02 Å². The van der Waals surface area contributed by atoms with Crippen molar-refractivity contribution in [2.45, 2.75) is 26.3 Å². The molecule has 0 unspecified atom stereocenters. The van der Waals surface area contributed by atoms with E-state index in [1.54, 1.807) is 0 Å². The zero-order valence-corrected chi connectivity index (χ0v) is 12.5. The summed E-state index contributed by atoms with van der Waals surface area (Å²) in [5.74, 6) is -1.09. The maximum Gasteiger partial charge on any atom is 0.335 e. The molecule has 0 heterocycles. The second-order valence-corrected chi connectivity index (χ2v) is 5.03. The van der Waals surface area contributed by atoms with Gasteiger partial charge in [0.05, 0.1) is 28.8 Å². The number of anilines is 1. The minimum atomic E-state index is -1.09. The number of aromatic carboxylic acids is 1. The Morgan fingerprint density at radius 1 is 1.48 bits per heavy atom. The van der Waals surface area contributed by atoms with Crippen molar-refractivity contribution < 1.29 is 14.7 Å². The fraction of sp³-hybridized carbons (Fsp3) is 0.357. The molecule has 0 atom stereocenters. The van der Waals surface area contributed by atoms with Crippen LogP contribution in [0.25, 0.3) is 0 Å². The fourth-order valence-corrected chi connectivity index (χ4v) is 1.93. The second-order valence-electron chi connectivity index (χ2n) is 4.63. The standard InChI is InChI=1S/C14H16ClN3O3/c1-9(2)18(7-3-6-16)14(21)17-12-5-4-10(13(19)20)8-11(12)15/h4-5,8-9H,3,7H2,1-2H3,(H,17,21)(H,19,20). The molecular formula is C14H16ClN3O3. The maximum atomic E-state index is 12.2. The highest BCUT2D eigenvalue weighted by Gasteiger charge is 2.18. The van der Waals surface area contributed by atoms with Gasteiger partial charge >= 0.3 is 12.0 Å². The number of urea groups is 1. The fourth-order valence-electron chi connectivity index (χ4n) is 1.70. The molecule has 6 nitrogen and oxygen atoms in total. The molecule has 2 amide bonds. The highest BCUT2D eigenvalue weighted by molar-refractivity contribution is 6.34. The van der Waals surface area contributed by atoms with Gasteiger partial charge in [-0.1, -0.05) is 11.6 Å².